The molecule has 2 rings (SSSR count). The van der Waals surface area contributed by atoms with Crippen molar-refractivity contribution in [3.8, 4) is 11.8 Å². The molecule has 1 heterocycles. The summed E-state index contributed by atoms with van der Waals surface area (Å²) in [4.78, 5) is 15.7. The Morgan fingerprint density at radius 2 is 2.33 bits per heavy atom. The third-order valence-electron chi connectivity index (χ3n) is 2.64. The first-order chi connectivity index (χ1) is 10.1. The van der Waals surface area contributed by atoms with Gasteiger partial charge in [0.1, 0.15) is 5.82 Å². The quantitative estimate of drug-likeness (QED) is 0.848. The molecule has 1 aromatic carbocycles. The van der Waals surface area contributed by atoms with E-state index in [1.54, 1.807) is 6.92 Å². The van der Waals surface area contributed by atoms with Crippen molar-refractivity contribution in [3.63, 3.8) is 0 Å². The topological polar surface area (TPSA) is 75.4 Å². The van der Waals surface area contributed by atoms with E-state index in [1.807, 2.05) is 0 Å². The van der Waals surface area contributed by atoms with Gasteiger partial charge in [-0.25, -0.2) is 9.37 Å². The van der Waals surface area contributed by atoms with E-state index in [1.165, 1.54) is 24.6 Å². The third kappa shape index (κ3) is 3.68. The van der Waals surface area contributed by atoms with Crippen LogP contribution in [0.1, 0.15) is 28.2 Å². The first-order valence-electron chi connectivity index (χ1n) is 6.22. The average Bonchev–Trinajstić information content (AvgIpc) is 2.88. The SMILES string of the molecule is Cc1ncoc1C(=O)Nc1ccc(C#CCCO)c(F)c1. The van der Waals surface area contributed by atoms with E-state index in [0.717, 1.165) is 0 Å². The minimum atomic E-state index is -0.549. The van der Waals surface area contributed by atoms with Gasteiger partial charge in [-0.2, -0.15) is 0 Å². The number of carbonyl (C=O) groups is 1. The summed E-state index contributed by atoms with van der Waals surface area (Å²) in [5.74, 6) is 4.28. The second kappa shape index (κ2) is 6.68. The highest BCUT2D eigenvalue weighted by Crippen LogP contribution is 2.16. The molecule has 0 aliphatic heterocycles. The number of oxazole rings is 1. The summed E-state index contributed by atoms with van der Waals surface area (Å²) < 4.78 is 18.8. The molecular weight excluding hydrogens is 275 g/mol. The smallest absolute Gasteiger partial charge is 0.293 e. The molecule has 2 aromatic rings. The van der Waals surface area contributed by atoms with E-state index in [-0.39, 0.29) is 24.4 Å². The van der Waals surface area contributed by atoms with Gasteiger partial charge in [0, 0.05) is 12.1 Å². The molecule has 5 nitrogen and oxygen atoms in total. The van der Waals surface area contributed by atoms with Gasteiger partial charge in [-0.05, 0) is 25.1 Å². The molecule has 0 aliphatic rings. The van der Waals surface area contributed by atoms with Crippen LogP contribution in [-0.2, 0) is 0 Å². The van der Waals surface area contributed by atoms with Crippen molar-refractivity contribution in [2.24, 2.45) is 0 Å². The number of amides is 1. The Morgan fingerprint density at radius 1 is 1.52 bits per heavy atom. The van der Waals surface area contributed by atoms with Gasteiger partial charge in [0.25, 0.3) is 5.91 Å². The Bertz CT molecular complexity index is 713. The number of hydrogen-bond donors (Lipinski definition) is 2. The summed E-state index contributed by atoms with van der Waals surface area (Å²) in [6, 6.07) is 4.17. The number of aromatic nitrogens is 1. The summed E-state index contributed by atoms with van der Waals surface area (Å²) in [5, 5.41) is 11.1. The van der Waals surface area contributed by atoms with Crippen molar-refractivity contribution in [3.05, 3.63) is 47.4 Å². The molecule has 21 heavy (non-hydrogen) atoms. The van der Waals surface area contributed by atoms with Crippen LogP contribution >= 0.6 is 0 Å². The van der Waals surface area contributed by atoms with E-state index in [0.29, 0.717) is 11.4 Å². The molecule has 1 amide bonds. The summed E-state index contributed by atoms with van der Waals surface area (Å²) in [7, 11) is 0. The summed E-state index contributed by atoms with van der Waals surface area (Å²) in [6.07, 6.45) is 1.45. The largest absolute Gasteiger partial charge is 0.438 e. The first-order valence-corrected chi connectivity index (χ1v) is 6.22. The van der Waals surface area contributed by atoms with Gasteiger partial charge in [-0.3, -0.25) is 4.79 Å². The number of aryl methyl sites for hydroxylation is 1. The maximum absolute atomic E-state index is 13.8. The van der Waals surface area contributed by atoms with Crippen molar-refractivity contribution in [1.82, 2.24) is 4.98 Å². The first kappa shape index (κ1) is 14.8. The Hall–Kier alpha value is -2.65. The van der Waals surface area contributed by atoms with E-state index in [2.05, 4.69) is 22.1 Å². The zero-order chi connectivity index (χ0) is 15.2. The van der Waals surface area contributed by atoms with Crippen LogP contribution in [0.3, 0.4) is 0 Å². The Kier molecular flexibility index (Phi) is 4.69. The van der Waals surface area contributed by atoms with Gasteiger partial charge in [0.05, 0.1) is 17.9 Å². The summed E-state index contributed by atoms with van der Waals surface area (Å²) in [5.41, 5.74) is 0.956. The second-order valence-corrected chi connectivity index (χ2v) is 4.19. The number of aliphatic hydroxyl groups excluding tert-OH is 1. The van der Waals surface area contributed by atoms with Crippen LogP contribution in [0.5, 0.6) is 0 Å². The third-order valence-corrected chi connectivity index (χ3v) is 2.64. The van der Waals surface area contributed by atoms with Crippen LogP contribution < -0.4 is 5.32 Å². The fourth-order valence-electron chi connectivity index (χ4n) is 1.62. The molecule has 0 fully saturated rings. The lowest BCUT2D eigenvalue weighted by Crippen LogP contribution is -2.12. The minimum absolute atomic E-state index is 0.0701. The standard InChI is InChI=1S/C15H13FN2O3/c1-10-14(21-9-17-10)15(20)18-12-6-5-11(13(16)8-12)4-2-3-7-19/h5-6,8-9,19H,3,7H2,1H3,(H,18,20). The molecule has 108 valence electrons. The molecular formula is C15H13FN2O3. The molecule has 0 bridgehead atoms. The predicted octanol–water partition coefficient (Wildman–Crippen LogP) is 2.11. The minimum Gasteiger partial charge on any atom is -0.438 e. The number of nitrogens with one attached hydrogen (secondary N) is 1. The maximum atomic E-state index is 13.8. The zero-order valence-electron chi connectivity index (χ0n) is 11.3. The second-order valence-electron chi connectivity index (χ2n) is 4.19. The molecule has 2 N–H and O–H groups in total. The van der Waals surface area contributed by atoms with Crippen LogP contribution in [0.25, 0.3) is 0 Å². The van der Waals surface area contributed by atoms with Crippen LogP contribution in [-0.4, -0.2) is 22.6 Å². The number of benzene rings is 1. The number of anilines is 1. The van der Waals surface area contributed by atoms with Gasteiger partial charge in [0.15, 0.2) is 6.39 Å². The lowest BCUT2D eigenvalue weighted by atomic mass is 10.2. The summed E-state index contributed by atoms with van der Waals surface area (Å²) >= 11 is 0. The number of rotatable bonds is 3. The number of nitrogens with zero attached hydrogens (tertiary/aromatic N) is 1. The molecule has 0 aliphatic carbocycles. The Morgan fingerprint density at radius 3 is 2.95 bits per heavy atom. The molecule has 6 heteroatoms. The van der Waals surface area contributed by atoms with E-state index < -0.39 is 11.7 Å². The van der Waals surface area contributed by atoms with Gasteiger partial charge in [0.2, 0.25) is 5.76 Å². The fourth-order valence-corrected chi connectivity index (χ4v) is 1.62. The van der Waals surface area contributed by atoms with Gasteiger partial charge in [-0.15, -0.1) is 0 Å². The molecule has 0 atom stereocenters. The highest BCUT2D eigenvalue weighted by molar-refractivity contribution is 6.02. The van der Waals surface area contributed by atoms with Crippen LogP contribution in [0.2, 0.25) is 0 Å². The zero-order valence-corrected chi connectivity index (χ0v) is 11.3. The van der Waals surface area contributed by atoms with Crippen LogP contribution in [0, 0.1) is 24.6 Å². The van der Waals surface area contributed by atoms with Crippen molar-refractivity contribution in [2.75, 3.05) is 11.9 Å². The molecule has 1 aromatic heterocycles. The Balaban J connectivity index is 2.12. The van der Waals surface area contributed by atoms with E-state index >= 15 is 0 Å². The molecule has 0 saturated heterocycles. The number of carbonyl (C=O) groups excluding carboxylic acids is 1. The average molecular weight is 288 g/mol. The molecule has 0 radical (unpaired) electrons. The highest BCUT2D eigenvalue weighted by atomic mass is 19.1. The lowest BCUT2D eigenvalue weighted by Gasteiger charge is -2.04. The Labute approximate surface area is 120 Å². The molecule has 0 saturated carbocycles. The molecule has 0 unspecified atom stereocenters. The van der Waals surface area contributed by atoms with Gasteiger partial charge < -0.3 is 14.8 Å². The van der Waals surface area contributed by atoms with E-state index in [9.17, 15) is 9.18 Å². The maximum Gasteiger partial charge on any atom is 0.293 e. The monoisotopic (exact) mass is 288 g/mol. The van der Waals surface area contributed by atoms with Crippen molar-refractivity contribution >= 4 is 11.6 Å². The number of aliphatic hydroxyl groups is 1. The van der Waals surface area contributed by atoms with Crippen LogP contribution in [0.4, 0.5) is 10.1 Å². The van der Waals surface area contributed by atoms with Gasteiger partial charge >= 0.3 is 0 Å². The predicted molar refractivity (Wildman–Crippen MR) is 74.2 cm³/mol. The lowest BCUT2D eigenvalue weighted by molar-refractivity contribution is 0.0996. The normalized spacial score (nSPS) is 9.86. The highest BCUT2D eigenvalue weighted by Gasteiger charge is 2.14. The fraction of sp³-hybridized carbons (Fsp3) is 0.200. The van der Waals surface area contributed by atoms with Crippen LogP contribution in [0.15, 0.2) is 29.0 Å². The van der Waals surface area contributed by atoms with Crippen molar-refractivity contribution in [2.45, 2.75) is 13.3 Å². The van der Waals surface area contributed by atoms with E-state index in [4.69, 9.17) is 9.52 Å². The summed E-state index contributed by atoms with van der Waals surface area (Å²) in [6.45, 7) is 1.57. The number of halogens is 1. The van der Waals surface area contributed by atoms with Gasteiger partial charge in [-0.1, -0.05) is 11.8 Å². The molecule has 0 spiro atoms. The number of hydrogen-bond acceptors (Lipinski definition) is 4. The van der Waals surface area contributed by atoms with Crippen molar-refractivity contribution in [1.29, 1.82) is 0 Å². The van der Waals surface area contributed by atoms with Crippen molar-refractivity contribution < 1.29 is 18.7 Å².